The number of nitrogen functional groups attached to an aromatic ring is 1. The first kappa shape index (κ1) is 32.1. The summed E-state index contributed by atoms with van der Waals surface area (Å²) >= 11 is 6.98. The Hall–Kier alpha value is -3.84. The van der Waals surface area contributed by atoms with E-state index in [0.29, 0.717) is 73.4 Å². The third-order valence-corrected chi connectivity index (χ3v) is 10.6. The van der Waals surface area contributed by atoms with Crippen molar-refractivity contribution in [3.8, 4) is 0 Å². The molecule has 242 valence electrons. The predicted molar refractivity (Wildman–Crippen MR) is 183 cm³/mol. The van der Waals surface area contributed by atoms with E-state index in [1.165, 1.54) is 12.1 Å². The van der Waals surface area contributed by atoms with Crippen molar-refractivity contribution in [2.24, 2.45) is 0 Å². The largest absolute Gasteiger partial charge is 0.397 e. The number of amides is 4. The molecule has 46 heavy (non-hydrogen) atoms. The van der Waals surface area contributed by atoms with Gasteiger partial charge in [-0.05, 0) is 98.8 Å². The van der Waals surface area contributed by atoms with Crippen molar-refractivity contribution in [3.63, 3.8) is 0 Å². The summed E-state index contributed by atoms with van der Waals surface area (Å²) < 4.78 is 14.8. The fraction of sp³-hybridized carbons (Fsp3) is 0.364. The number of para-hydroxylation sites is 1. The molecule has 10 nitrogen and oxygen atoms in total. The minimum Gasteiger partial charge on any atom is -0.397 e. The highest BCUT2D eigenvalue weighted by atomic mass is 79.9. The van der Waals surface area contributed by atoms with Crippen LogP contribution in [0.1, 0.15) is 18.4 Å². The first-order chi connectivity index (χ1) is 22.1. The minimum absolute atomic E-state index is 0.0243. The molecule has 4 N–H and O–H groups in total. The van der Waals surface area contributed by atoms with Gasteiger partial charge in [0.1, 0.15) is 17.4 Å². The molecule has 3 aromatic carbocycles. The monoisotopic (exact) mass is 755 g/mol. The molecule has 6 rings (SSSR count). The highest BCUT2D eigenvalue weighted by molar-refractivity contribution is 9.11. The summed E-state index contributed by atoms with van der Waals surface area (Å²) in [5.41, 5.74) is 8.63. The summed E-state index contributed by atoms with van der Waals surface area (Å²) in [6, 6.07) is 18.7. The van der Waals surface area contributed by atoms with Crippen LogP contribution >= 0.6 is 31.9 Å². The number of carbonyl (C=O) groups is 3. The SMILES string of the molecule is Nc1c(Br)cc(C[C@@H](NC(=O)N2CCC3(CC2)C(=O)NCN3c2ccccc2)C(=O)N2CCN(c3ccc(F)cc3)CC2)cc1Br. The van der Waals surface area contributed by atoms with Gasteiger partial charge in [0.15, 0.2) is 0 Å². The van der Waals surface area contributed by atoms with Crippen LogP contribution in [0, 0.1) is 5.82 Å². The predicted octanol–water partition coefficient (Wildman–Crippen LogP) is 4.33. The van der Waals surface area contributed by atoms with Crippen LogP contribution in [-0.2, 0) is 16.0 Å². The quantitative estimate of drug-likeness (QED) is 0.323. The Labute approximate surface area is 284 Å². The number of halogens is 3. The van der Waals surface area contributed by atoms with Gasteiger partial charge in [-0.2, -0.15) is 0 Å². The van der Waals surface area contributed by atoms with Gasteiger partial charge in [0.25, 0.3) is 0 Å². The van der Waals surface area contributed by atoms with Crippen LogP contribution in [0.3, 0.4) is 0 Å². The second-order valence-electron chi connectivity index (χ2n) is 11.9. The highest BCUT2D eigenvalue weighted by Crippen LogP contribution is 2.36. The van der Waals surface area contributed by atoms with E-state index in [9.17, 15) is 18.8 Å². The zero-order valence-corrected chi connectivity index (χ0v) is 28.4. The van der Waals surface area contributed by atoms with E-state index < -0.39 is 11.6 Å². The van der Waals surface area contributed by atoms with Gasteiger partial charge in [0.2, 0.25) is 11.8 Å². The summed E-state index contributed by atoms with van der Waals surface area (Å²) in [6.45, 7) is 3.28. The molecule has 13 heteroatoms. The molecule has 3 heterocycles. The number of carbonyl (C=O) groups excluding carboxylic acids is 3. The Bertz CT molecular complexity index is 1570. The van der Waals surface area contributed by atoms with Crippen LogP contribution < -0.4 is 26.2 Å². The van der Waals surface area contributed by atoms with E-state index in [0.717, 1.165) is 16.9 Å². The molecule has 0 aliphatic carbocycles. The van der Waals surface area contributed by atoms with E-state index in [2.05, 4.69) is 52.3 Å². The summed E-state index contributed by atoms with van der Waals surface area (Å²) in [6.07, 6.45) is 1.22. The van der Waals surface area contributed by atoms with Gasteiger partial charge in [-0.3, -0.25) is 9.59 Å². The normalized spacial score (nSPS) is 18.5. The average molecular weight is 758 g/mol. The van der Waals surface area contributed by atoms with Gasteiger partial charge in [-0.15, -0.1) is 0 Å². The third kappa shape index (κ3) is 6.52. The lowest BCUT2D eigenvalue weighted by molar-refractivity contribution is -0.133. The third-order valence-electron chi connectivity index (χ3n) is 9.24. The molecular formula is C33H36Br2FN7O3. The van der Waals surface area contributed by atoms with E-state index in [1.54, 1.807) is 21.9 Å². The van der Waals surface area contributed by atoms with E-state index >= 15 is 0 Å². The number of piperazine rings is 1. The summed E-state index contributed by atoms with van der Waals surface area (Å²) in [5, 5.41) is 6.03. The summed E-state index contributed by atoms with van der Waals surface area (Å²) in [4.78, 5) is 48.5. The van der Waals surface area contributed by atoms with E-state index in [1.807, 2.05) is 42.5 Å². The summed E-state index contributed by atoms with van der Waals surface area (Å²) in [7, 11) is 0. The molecule has 4 amide bonds. The molecule has 0 unspecified atom stereocenters. The number of benzene rings is 3. The van der Waals surface area contributed by atoms with Gasteiger partial charge < -0.3 is 36.0 Å². The fourth-order valence-corrected chi connectivity index (χ4v) is 7.88. The molecule has 3 aromatic rings. The number of urea groups is 1. The molecule has 0 saturated carbocycles. The second kappa shape index (κ2) is 13.5. The highest BCUT2D eigenvalue weighted by Gasteiger charge is 2.51. The number of hydrogen-bond donors (Lipinski definition) is 3. The lowest BCUT2D eigenvalue weighted by Gasteiger charge is -2.43. The van der Waals surface area contributed by atoms with Crippen molar-refractivity contribution >= 4 is 66.8 Å². The molecule has 3 saturated heterocycles. The van der Waals surface area contributed by atoms with Crippen LogP contribution in [-0.4, -0.2) is 85.2 Å². The number of nitrogens with two attached hydrogens (primary N) is 1. The minimum atomic E-state index is -0.821. The molecule has 0 bridgehead atoms. The number of piperidine rings is 1. The Morgan fingerprint density at radius 2 is 1.52 bits per heavy atom. The number of nitrogens with one attached hydrogen (secondary N) is 2. The van der Waals surface area contributed by atoms with Crippen molar-refractivity contribution < 1.29 is 18.8 Å². The Morgan fingerprint density at radius 3 is 2.15 bits per heavy atom. The van der Waals surface area contributed by atoms with Crippen LogP contribution in [0.15, 0.2) is 75.7 Å². The van der Waals surface area contributed by atoms with Crippen molar-refractivity contribution in [1.29, 1.82) is 0 Å². The molecule has 3 aliphatic heterocycles. The zero-order valence-electron chi connectivity index (χ0n) is 25.2. The first-order valence-corrected chi connectivity index (χ1v) is 16.9. The Morgan fingerprint density at radius 1 is 0.891 bits per heavy atom. The molecule has 0 radical (unpaired) electrons. The van der Waals surface area contributed by atoms with Gasteiger partial charge in [-0.25, -0.2) is 9.18 Å². The molecule has 1 spiro atoms. The number of hydrogen-bond acceptors (Lipinski definition) is 6. The van der Waals surface area contributed by atoms with Crippen molar-refractivity contribution in [1.82, 2.24) is 20.4 Å². The molecular weight excluding hydrogens is 721 g/mol. The fourth-order valence-electron chi connectivity index (χ4n) is 6.60. The van der Waals surface area contributed by atoms with Crippen molar-refractivity contribution in [2.45, 2.75) is 30.8 Å². The van der Waals surface area contributed by atoms with Crippen molar-refractivity contribution in [2.75, 3.05) is 61.5 Å². The first-order valence-electron chi connectivity index (χ1n) is 15.3. The standard InChI is InChI=1S/C33H36Br2FN7O3/c34-26-18-22(19-27(35)29(26)37)20-28(30(44)41-16-14-40(15-17-41)24-8-6-23(36)7-9-24)39-32(46)42-12-10-33(11-13-42)31(45)38-21-43(33)25-4-2-1-3-5-25/h1-9,18-19,28H,10-17,20-21,37H2,(H,38,45)(H,39,46)/t28-/m1/s1. The maximum Gasteiger partial charge on any atom is 0.318 e. The lowest BCUT2D eigenvalue weighted by atomic mass is 9.85. The van der Waals surface area contributed by atoms with Crippen LogP contribution in [0.2, 0.25) is 0 Å². The van der Waals surface area contributed by atoms with E-state index in [-0.39, 0.29) is 30.1 Å². The Balaban J connectivity index is 1.15. The molecule has 3 fully saturated rings. The smallest absolute Gasteiger partial charge is 0.318 e. The van der Waals surface area contributed by atoms with Crippen LogP contribution in [0.4, 0.5) is 26.2 Å². The van der Waals surface area contributed by atoms with Gasteiger partial charge in [0, 0.05) is 66.0 Å². The molecule has 0 aromatic heterocycles. The maximum absolute atomic E-state index is 14.0. The van der Waals surface area contributed by atoms with Gasteiger partial charge in [-0.1, -0.05) is 18.2 Å². The molecule has 3 aliphatic rings. The Kier molecular flexibility index (Phi) is 9.42. The summed E-state index contributed by atoms with van der Waals surface area (Å²) in [5.74, 6) is -0.486. The van der Waals surface area contributed by atoms with Crippen LogP contribution in [0.25, 0.3) is 0 Å². The lowest BCUT2D eigenvalue weighted by Crippen LogP contribution is -2.60. The topological polar surface area (TPSA) is 114 Å². The van der Waals surface area contributed by atoms with Crippen molar-refractivity contribution in [3.05, 3.63) is 87.1 Å². The van der Waals surface area contributed by atoms with Gasteiger partial charge in [0.05, 0.1) is 12.4 Å². The number of nitrogens with zero attached hydrogens (tertiary/aromatic N) is 4. The second-order valence-corrected chi connectivity index (χ2v) is 13.6. The number of anilines is 3. The van der Waals surface area contributed by atoms with Crippen LogP contribution in [0.5, 0.6) is 0 Å². The number of likely N-dealkylation sites (tertiary alicyclic amines) is 1. The zero-order chi connectivity index (χ0) is 32.4. The molecule has 1 atom stereocenters. The number of rotatable bonds is 6. The maximum atomic E-state index is 14.0. The average Bonchev–Trinajstić information content (AvgIpc) is 3.38. The van der Waals surface area contributed by atoms with E-state index in [4.69, 9.17) is 5.73 Å². The van der Waals surface area contributed by atoms with Gasteiger partial charge >= 0.3 is 6.03 Å².